The number of nitrogens with zero attached hydrogens (tertiary/aromatic N) is 2. The highest BCUT2D eigenvalue weighted by Crippen LogP contribution is 2.07. The molecule has 0 bridgehead atoms. The van der Waals surface area contributed by atoms with Crippen LogP contribution in [0.3, 0.4) is 0 Å². The fourth-order valence-electron chi connectivity index (χ4n) is 1.33. The zero-order chi connectivity index (χ0) is 12.0. The standard InChI is InChI=1S/C11H15N3O2/c1-9(13)11(15)14(6-3-5-12)8-10-4-2-7-16-10/h2,4,7,9H,3,6,8,13H2,1H3. The fourth-order valence-corrected chi connectivity index (χ4v) is 1.33. The molecule has 1 unspecified atom stereocenters. The second-order valence-electron chi connectivity index (χ2n) is 3.54. The lowest BCUT2D eigenvalue weighted by molar-refractivity contribution is -0.133. The van der Waals surface area contributed by atoms with Gasteiger partial charge in [-0.05, 0) is 19.1 Å². The molecule has 0 spiro atoms. The number of carbonyl (C=O) groups is 1. The van der Waals surface area contributed by atoms with Gasteiger partial charge in [0.25, 0.3) is 0 Å². The molecule has 0 radical (unpaired) electrons. The van der Waals surface area contributed by atoms with E-state index in [4.69, 9.17) is 15.4 Å². The predicted molar refractivity (Wildman–Crippen MR) is 58.0 cm³/mol. The lowest BCUT2D eigenvalue weighted by Gasteiger charge is -2.22. The van der Waals surface area contributed by atoms with Gasteiger partial charge in [-0.2, -0.15) is 5.26 Å². The van der Waals surface area contributed by atoms with E-state index in [0.29, 0.717) is 25.3 Å². The highest BCUT2D eigenvalue weighted by Gasteiger charge is 2.18. The van der Waals surface area contributed by atoms with Crippen LogP contribution in [0.25, 0.3) is 0 Å². The van der Waals surface area contributed by atoms with Crippen molar-refractivity contribution in [2.45, 2.75) is 25.9 Å². The van der Waals surface area contributed by atoms with E-state index in [1.165, 1.54) is 4.90 Å². The van der Waals surface area contributed by atoms with Gasteiger partial charge in [0.2, 0.25) is 5.91 Å². The minimum atomic E-state index is -0.561. The van der Waals surface area contributed by atoms with Crippen molar-refractivity contribution in [3.63, 3.8) is 0 Å². The van der Waals surface area contributed by atoms with Crippen molar-refractivity contribution in [1.29, 1.82) is 5.26 Å². The smallest absolute Gasteiger partial charge is 0.239 e. The molecule has 86 valence electrons. The van der Waals surface area contributed by atoms with Gasteiger partial charge in [-0.15, -0.1) is 0 Å². The Morgan fingerprint density at radius 2 is 2.50 bits per heavy atom. The quantitative estimate of drug-likeness (QED) is 0.799. The molecule has 1 atom stereocenters. The summed E-state index contributed by atoms with van der Waals surface area (Å²) in [5.74, 6) is 0.513. The van der Waals surface area contributed by atoms with Crippen LogP contribution in [0, 0.1) is 11.3 Å². The van der Waals surface area contributed by atoms with Crippen LogP contribution in [0.15, 0.2) is 22.8 Å². The molecule has 0 fully saturated rings. The van der Waals surface area contributed by atoms with Crippen LogP contribution in [0.2, 0.25) is 0 Å². The van der Waals surface area contributed by atoms with Gasteiger partial charge in [0.05, 0.1) is 31.3 Å². The average molecular weight is 221 g/mol. The average Bonchev–Trinajstić information content (AvgIpc) is 2.75. The molecule has 1 amide bonds. The van der Waals surface area contributed by atoms with Crippen LogP contribution in [-0.4, -0.2) is 23.4 Å². The summed E-state index contributed by atoms with van der Waals surface area (Å²) in [5.41, 5.74) is 5.53. The Kier molecular flexibility index (Phi) is 4.55. The minimum absolute atomic E-state index is 0.174. The lowest BCUT2D eigenvalue weighted by atomic mass is 10.2. The van der Waals surface area contributed by atoms with Crippen LogP contribution in [-0.2, 0) is 11.3 Å². The van der Waals surface area contributed by atoms with Gasteiger partial charge < -0.3 is 15.1 Å². The van der Waals surface area contributed by atoms with Crippen molar-refractivity contribution in [3.8, 4) is 6.07 Å². The number of rotatable bonds is 5. The molecule has 0 saturated carbocycles. The number of furan rings is 1. The van der Waals surface area contributed by atoms with Gasteiger partial charge in [0.1, 0.15) is 5.76 Å². The van der Waals surface area contributed by atoms with Crippen LogP contribution in [0.1, 0.15) is 19.1 Å². The molecule has 16 heavy (non-hydrogen) atoms. The summed E-state index contributed by atoms with van der Waals surface area (Å²) in [4.78, 5) is 13.3. The fraction of sp³-hybridized carbons (Fsp3) is 0.455. The summed E-state index contributed by atoms with van der Waals surface area (Å²) in [6.45, 7) is 2.36. The summed E-state index contributed by atoms with van der Waals surface area (Å²) in [5, 5.41) is 8.52. The largest absolute Gasteiger partial charge is 0.467 e. The van der Waals surface area contributed by atoms with E-state index in [-0.39, 0.29) is 5.91 Å². The number of hydrogen-bond acceptors (Lipinski definition) is 4. The first-order valence-electron chi connectivity index (χ1n) is 5.09. The lowest BCUT2D eigenvalue weighted by Crippen LogP contribution is -2.42. The zero-order valence-corrected chi connectivity index (χ0v) is 9.22. The first-order chi connectivity index (χ1) is 7.65. The van der Waals surface area contributed by atoms with Crippen LogP contribution < -0.4 is 5.73 Å². The highest BCUT2D eigenvalue weighted by atomic mass is 16.3. The van der Waals surface area contributed by atoms with E-state index in [1.807, 2.05) is 6.07 Å². The third kappa shape index (κ3) is 3.41. The number of nitrogens with two attached hydrogens (primary N) is 1. The van der Waals surface area contributed by atoms with E-state index < -0.39 is 6.04 Å². The highest BCUT2D eigenvalue weighted by molar-refractivity contribution is 5.81. The first kappa shape index (κ1) is 12.3. The van der Waals surface area contributed by atoms with Crippen molar-refractivity contribution >= 4 is 5.91 Å². The van der Waals surface area contributed by atoms with Gasteiger partial charge in [0.15, 0.2) is 0 Å². The van der Waals surface area contributed by atoms with Gasteiger partial charge in [-0.3, -0.25) is 4.79 Å². The predicted octanol–water partition coefficient (Wildman–Crippen LogP) is 0.869. The van der Waals surface area contributed by atoms with Crippen LogP contribution in [0.5, 0.6) is 0 Å². The molecule has 2 N–H and O–H groups in total. The Morgan fingerprint density at radius 1 is 1.75 bits per heavy atom. The van der Waals surface area contributed by atoms with Crippen molar-refractivity contribution in [2.75, 3.05) is 6.54 Å². The van der Waals surface area contributed by atoms with E-state index in [2.05, 4.69) is 0 Å². The van der Waals surface area contributed by atoms with Crippen LogP contribution in [0.4, 0.5) is 0 Å². The van der Waals surface area contributed by atoms with Crippen molar-refractivity contribution in [1.82, 2.24) is 4.90 Å². The Hall–Kier alpha value is -1.80. The second kappa shape index (κ2) is 5.93. The summed E-state index contributed by atoms with van der Waals surface area (Å²) in [6.07, 6.45) is 1.84. The third-order valence-electron chi connectivity index (χ3n) is 2.12. The molecule has 1 rings (SSSR count). The number of hydrogen-bond donors (Lipinski definition) is 1. The normalized spacial score (nSPS) is 11.8. The molecular formula is C11H15N3O2. The maximum absolute atomic E-state index is 11.7. The maximum atomic E-state index is 11.7. The van der Waals surface area contributed by atoms with E-state index in [0.717, 1.165) is 0 Å². The molecule has 5 heteroatoms. The summed E-state index contributed by atoms with van der Waals surface area (Å²) >= 11 is 0. The van der Waals surface area contributed by atoms with Crippen LogP contribution >= 0.6 is 0 Å². The van der Waals surface area contributed by atoms with Crippen molar-refractivity contribution < 1.29 is 9.21 Å². The second-order valence-corrected chi connectivity index (χ2v) is 3.54. The SMILES string of the molecule is CC(N)C(=O)N(CCC#N)Cc1ccco1. The van der Waals surface area contributed by atoms with Gasteiger partial charge in [-0.1, -0.05) is 0 Å². The van der Waals surface area contributed by atoms with Gasteiger partial charge in [0, 0.05) is 6.54 Å². The summed E-state index contributed by atoms with van der Waals surface area (Å²) in [6, 6.07) is 4.99. The Balaban J connectivity index is 2.64. The number of nitriles is 1. The Labute approximate surface area is 94.4 Å². The van der Waals surface area contributed by atoms with Gasteiger partial charge >= 0.3 is 0 Å². The van der Waals surface area contributed by atoms with Gasteiger partial charge in [-0.25, -0.2) is 0 Å². The molecular weight excluding hydrogens is 206 g/mol. The number of amides is 1. The summed E-state index contributed by atoms with van der Waals surface area (Å²) < 4.78 is 5.16. The first-order valence-corrected chi connectivity index (χ1v) is 5.09. The number of carbonyl (C=O) groups excluding carboxylic acids is 1. The third-order valence-corrected chi connectivity index (χ3v) is 2.12. The Bertz CT molecular complexity index is 365. The molecule has 0 aliphatic rings. The summed E-state index contributed by atoms with van der Waals surface area (Å²) in [7, 11) is 0. The minimum Gasteiger partial charge on any atom is -0.467 e. The molecule has 1 aromatic heterocycles. The zero-order valence-electron chi connectivity index (χ0n) is 9.22. The maximum Gasteiger partial charge on any atom is 0.239 e. The van der Waals surface area contributed by atoms with E-state index in [1.54, 1.807) is 25.3 Å². The molecule has 0 aliphatic carbocycles. The monoisotopic (exact) mass is 221 g/mol. The molecule has 0 aromatic carbocycles. The molecule has 1 aromatic rings. The van der Waals surface area contributed by atoms with Crippen molar-refractivity contribution in [3.05, 3.63) is 24.2 Å². The van der Waals surface area contributed by atoms with E-state index >= 15 is 0 Å². The molecule has 0 aliphatic heterocycles. The topological polar surface area (TPSA) is 83.3 Å². The van der Waals surface area contributed by atoms with Crippen molar-refractivity contribution in [2.24, 2.45) is 5.73 Å². The molecule has 5 nitrogen and oxygen atoms in total. The molecule has 0 saturated heterocycles. The molecule has 1 heterocycles. The van der Waals surface area contributed by atoms with E-state index in [9.17, 15) is 4.79 Å². The Morgan fingerprint density at radius 3 is 3.00 bits per heavy atom.